The molecule has 0 fully saturated rings. The average Bonchev–Trinajstić information content (AvgIpc) is 2.74. The molecule has 0 heterocycles. The van der Waals surface area contributed by atoms with Crippen LogP contribution in [0.15, 0.2) is 48.5 Å². The Morgan fingerprint density at radius 1 is 0.667 bits per heavy atom. The molecular formula is C28H52N4O+2. The van der Waals surface area contributed by atoms with Crippen molar-refractivity contribution in [2.75, 3.05) is 102 Å². The third-order valence-corrected chi connectivity index (χ3v) is 4.95. The van der Waals surface area contributed by atoms with Crippen LogP contribution in [0.1, 0.15) is 13.8 Å². The molecule has 5 nitrogen and oxygen atoms in total. The molecule has 0 N–H and O–H groups in total. The van der Waals surface area contributed by atoms with Crippen molar-refractivity contribution >= 4 is 11.4 Å². The van der Waals surface area contributed by atoms with Gasteiger partial charge in [0.2, 0.25) is 0 Å². The first kappa shape index (κ1) is 31.1. The lowest BCUT2D eigenvalue weighted by atomic mass is 10.0. The highest BCUT2D eigenvalue weighted by Gasteiger charge is 2.11. The van der Waals surface area contributed by atoms with Gasteiger partial charge in [-0.2, -0.15) is 0 Å². The number of likely N-dealkylation sites (N-methyl/N-ethyl adjacent to an activating group) is 2. The Labute approximate surface area is 205 Å². The van der Waals surface area contributed by atoms with Crippen molar-refractivity contribution in [1.82, 2.24) is 9.38 Å². The van der Waals surface area contributed by atoms with E-state index in [4.69, 9.17) is 4.74 Å². The van der Waals surface area contributed by atoms with Crippen LogP contribution in [0.3, 0.4) is 0 Å². The van der Waals surface area contributed by atoms with Gasteiger partial charge in [-0.25, -0.2) is 0 Å². The third-order valence-electron chi connectivity index (χ3n) is 4.95. The number of anilines is 1. The summed E-state index contributed by atoms with van der Waals surface area (Å²) in [6.07, 6.45) is 0. The molecular weight excluding hydrogens is 408 g/mol. The largest absolute Gasteiger partial charge is 0.378 e. The van der Waals surface area contributed by atoms with Crippen molar-refractivity contribution < 1.29 is 9.22 Å². The lowest BCUT2D eigenvalue weighted by molar-refractivity contribution is -0.870. The Kier molecular flexibility index (Phi) is 14.2. The molecule has 0 unspecified atom stereocenters. The quantitative estimate of drug-likeness (QED) is 0.390. The van der Waals surface area contributed by atoms with Crippen molar-refractivity contribution in [2.24, 2.45) is 0 Å². The molecule has 0 aliphatic heterocycles. The van der Waals surface area contributed by atoms with E-state index in [-0.39, 0.29) is 0 Å². The summed E-state index contributed by atoms with van der Waals surface area (Å²) in [5.41, 5.74) is 5.07. The van der Waals surface area contributed by atoms with Gasteiger partial charge in [-0.3, -0.25) is 4.48 Å². The SMILES string of the molecule is CC.CN(C)CCOCC[N+](C)(C)C.CN(C)c1ccc(-c2ccc([N+](C)(C)C)cc2)cc1. The van der Waals surface area contributed by atoms with Crippen molar-refractivity contribution in [3.8, 4) is 11.1 Å². The standard InChI is InChI=1S/C17H23N2.C9H23N2O.C2H6/c1-18(2)16-10-6-14(7-11-16)15-8-12-17(13-9-15)19(3,4)5;1-10(2)6-8-12-9-7-11(3,4)5;1-2/h6-13H,1-5H3;6-9H2,1-5H3;1-2H3/q2*+1;. The smallest absolute Gasteiger partial charge is 0.132 e. The number of rotatable bonds is 9. The second-order valence-corrected chi connectivity index (χ2v) is 10.4. The second-order valence-electron chi connectivity index (χ2n) is 10.4. The summed E-state index contributed by atoms with van der Waals surface area (Å²) in [5, 5.41) is 0. The maximum atomic E-state index is 5.46. The minimum Gasteiger partial charge on any atom is -0.378 e. The van der Waals surface area contributed by atoms with Crippen LogP contribution in [0, 0.1) is 0 Å². The van der Waals surface area contributed by atoms with Crippen LogP contribution in [0.4, 0.5) is 11.4 Å². The molecule has 0 saturated carbocycles. The fourth-order valence-corrected chi connectivity index (χ4v) is 2.74. The fraction of sp³-hybridized carbons (Fsp3) is 0.571. The molecule has 2 rings (SSSR count). The Bertz CT molecular complexity index is 739. The summed E-state index contributed by atoms with van der Waals surface area (Å²) in [7, 11) is 21.3. The second kappa shape index (κ2) is 15.1. The van der Waals surface area contributed by atoms with Crippen LogP contribution in [-0.4, -0.2) is 106 Å². The van der Waals surface area contributed by atoms with Gasteiger partial charge < -0.3 is 19.0 Å². The highest BCUT2D eigenvalue weighted by atomic mass is 16.5. The van der Waals surface area contributed by atoms with Gasteiger partial charge in [-0.05, 0) is 61.6 Å². The van der Waals surface area contributed by atoms with E-state index in [2.05, 4.69) is 129 Å². The van der Waals surface area contributed by atoms with Gasteiger partial charge in [0.05, 0.1) is 55.5 Å². The molecule has 0 aliphatic carbocycles. The highest BCUT2D eigenvalue weighted by molar-refractivity contribution is 5.68. The van der Waals surface area contributed by atoms with Gasteiger partial charge >= 0.3 is 0 Å². The Hall–Kier alpha value is -1.92. The van der Waals surface area contributed by atoms with Gasteiger partial charge in [-0.15, -0.1) is 0 Å². The summed E-state index contributed by atoms with van der Waals surface area (Å²) >= 11 is 0. The zero-order chi connectivity index (χ0) is 25.7. The van der Waals surface area contributed by atoms with Gasteiger partial charge in [0.15, 0.2) is 0 Å². The van der Waals surface area contributed by atoms with Gasteiger partial charge in [0.25, 0.3) is 0 Å². The predicted octanol–water partition coefficient (Wildman–Crippen LogP) is 4.91. The van der Waals surface area contributed by atoms with E-state index in [1.807, 2.05) is 13.8 Å². The summed E-state index contributed by atoms with van der Waals surface area (Å²) in [6.45, 7) is 7.79. The molecule has 0 aliphatic rings. The van der Waals surface area contributed by atoms with E-state index in [9.17, 15) is 0 Å². The molecule has 0 bridgehead atoms. The molecule has 188 valence electrons. The number of benzene rings is 2. The zero-order valence-corrected chi connectivity index (χ0v) is 23.6. The van der Waals surface area contributed by atoms with E-state index in [0.717, 1.165) is 35.3 Å². The topological polar surface area (TPSA) is 15.7 Å². The minimum atomic E-state index is 0.840. The fourth-order valence-electron chi connectivity index (χ4n) is 2.74. The maximum Gasteiger partial charge on any atom is 0.132 e. The average molecular weight is 461 g/mol. The lowest BCUT2D eigenvalue weighted by Crippen LogP contribution is -2.37. The third kappa shape index (κ3) is 14.1. The van der Waals surface area contributed by atoms with Crippen LogP contribution in [-0.2, 0) is 4.74 Å². The van der Waals surface area contributed by atoms with Crippen LogP contribution in [0.25, 0.3) is 11.1 Å². The number of hydrogen-bond acceptors (Lipinski definition) is 3. The van der Waals surface area contributed by atoms with Gasteiger partial charge in [0.1, 0.15) is 12.2 Å². The molecule has 0 radical (unpaired) electrons. The number of nitrogens with zero attached hydrogens (tertiary/aromatic N) is 4. The zero-order valence-electron chi connectivity index (χ0n) is 23.6. The van der Waals surface area contributed by atoms with Gasteiger partial charge in [0, 0.05) is 26.3 Å². The van der Waals surface area contributed by atoms with E-state index >= 15 is 0 Å². The normalized spacial score (nSPS) is 11.3. The van der Waals surface area contributed by atoms with Crippen molar-refractivity contribution in [1.29, 1.82) is 0 Å². The minimum absolute atomic E-state index is 0.840. The number of quaternary nitrogens is 2. The van der Waals surface area contributed by atoms with Crippen LogP contribution in [0.5, 0.6) is 0 Å². The molecule has 5 heteroatoms. The summed E-state index contributed by atoms with van der Waals surface area (Å²) in [4.78, 5) is 4.25. The Balaban J connectivity index is 0.000000635. The van der Waals surface area contributed by atoms with Crippen molar-refractivity contribution in [3.05, 3.63) is 48.5 Å². The van der Waals surface area contributed by atoms with E-state index < -0.39 is 0 Å². The van der Waals surface area contributed by atoms with Crippen LogP contribution >= 0.6 is 0 Å². The van der Waals surface area contributed by atoms with E-state index in [1.54, 1.807) is 0 Å². The Morgan fingerprint density at radius 2 is 1.12 bits per heavy atom. The van der Waals surface area contributed by atoms with Gasteiger partial charge in [-0.1, -0.05) is 26.0 Å². The van der Waals surface area contributed by atoms with E-state index in [1.165, 1.54) is 22.5 Å². The molecule has 0 atom stereocenters. The van der Waals surface area contributed by atoms with Crippen molar-refractivity contribution in [3.63, 3.8) is 0 Å². The number of ether oxygens (including phenoxy) is 1. The van der Waals surface area contributed by atoms with E-state index in [0.29, 0.717) is 0 Å². The predicted molar refractivity (Wildman–Crippen MR) is 149 cm³/mol. The first-order chi connectivity index (χ1) is 15.3. The van der Waals surface area contributed by atoms with Crippen LogP contribution < -0.4 is 9.38 Å². The lowest BCUT2D eigenvalue weighted by Gasteiger charge is -2.23. The molecule has 2 aromatic carbocycles. The summed E-state index contributed by atoms with van der Waals surface area (Å²) in [5.74, 6) is 0. The molecule has 0 spiro atoms. The molecule has 0 amide bonds. The Morgan fingerprint density at radius 3 is 1.48 bits per heavy atom. The molecule has 2 aromatic rings. The monoisotopic (exact) mass is 460 g/mol. The highest BCUT2D eigenvalue weighted by Crippen LogP contribution is 2.25. The first-order valence-corrected chi connectivity index (χ1v) is 12.0. The van der Waals surface area contributed by atoms with Crippen molar-refractivity contribution in [2.45, 2.75) is 13.8 Å². The summed E-state index contributed by atoms with van der Waals surface area (Å²) in [6, 6.07) is 17.5. The molecule has 0 aromatic heterocycles. The molecule has 33 heavy (non-hydrogen) atoms. The maximum absolute atomic E-state index is 5.46. The number of hydrogen-bond donors (Lipinski definition) is 0. The first-order valence-electron chi connectivity index (χ1n) is 12.0. The summed E-state index contributed by atoms with van der Waals surface area (Å²) < 4.78 is 7.28. The van der Waals surface area contributed by atoms with Crippen LogP contribution in [0.2, 0.25) is 0 Å². The molecule has 0 saturated heterocycles.